The maximum Gasteiger partial charge on any atom is 0.329 e. The number of phenols is 2. The number of nitrogens with one attached hydrogen (secondary N) is 2. The van der Waals surface area contributed by atoms with Crippen molar-refractivity contribution in [3.63, 3.8) is 0 Å². The molecule has 2 heterocycles. The standard InChI is InChI=1S/C26H30N4O7/c1-26(24(35)36,15-16-6-7-20(31)21(32)14-16)28-22(33)8-9-23(34)29-12-10-17(11-13-29)30-19-5-3-2-4-18(19)27-25(30)37/h2-7,14,17,31-32H,8-13,15H2,1H3,(H,27,37)(H,28,33)(H,35,36)/t26-/m0/s1. The van der Waals surface area contributed by atoms with Gasteiger partial charge in [-0.3, -0.25) is 14.2 Å². The lowest BCUT2D eigenvalue weighted by Gasteiger charge is -2.32. The van der Waals surface area contributed by atoms with Crippen molar-refractivity contribution in [1.82, 2.24) is 19.8 Å². The van der Waals surface area contributed by atoms with Gasteiger partial charge >= 0.3 is 11.7 Å². The number of H-pyrrole nitrogens is 1. The number of hydrogen-bond acceptors (Lipinski definition) is 6. The third-order valence-electron chi connectivity index (χ3n) is 6.86. The number of imidazole rings is 1. The van der Waals surface area contributed by atoms with Crippen LogP contribution in [0.2, 0.25) is 0 Å². The molecule has 1 fully saturated rings. The summed E-state index contributed by atoms with van der Waals surface area (Å²) in [5.74, 6) is -2.78. The van der Waals surface area contributed by atoms with E-state index in [4.69, 9.17) is 0 Å². The number of rotatable bonds is 8. The molecule has 11 nitrogen and oxygen atoms in total. The van der Waals surface area contributed by atoms with Crippen molar-refractivity contribution in [3.05, 3.63) is 58.5 Å². The van der Waals surface area contributed by atoms with Crippen molar-refractivity contribution in [2.75, 3.05) is 13.1 Å². The summed E-state index contributed by atoms with van der Waals surface area (Å²) in [6.07, 6.45) is 0.840. The summed E-state index contributed by atoms with van der Waals surface area (Å²) in [6, 6.07) is 11.4. The zero-order valence-electron chi connectivity index (χ0n) is 20.4. The molecule has 11 heteroatoms. The first-order valence-electron chi connectivity index (χ1n) is 12.1. The molecule has 2 aromatic carbocycles. The number of carbonyl (C=O) groups is 3. The van der Waals surface area contributed by atoms with Gasteiger partial charge in [-0.2, -0.15) is 0 Å². The quantitative estimate of drug-likeness (QED) is 0.289. The highest BCUT2D eigenvalue weighted by Crippen LogP contribution is 2.27. The van der Waals surface area contributed by atoms with Crippen LogP contribution in [0.5, 0.6) is 11.5 Å². The first-order chi connectivity index (χ1) is 17.6. The smallest absolute Gasteiger partial charge is 0.329 e. The first kappa shape index (κ1) is 25.8. The van der Waals surface area contributed by atoms with Crippen molar-refractivity contribution in [1.29, 1.82) is 0 Å². The maximum absolute atomic E-state index is 12.7. The largest absolute Gasteiger partial charge is 0.504 e. The van der Waals surface area contributed by atoms with E-state index in [0.717, 1.165) is 11.0 Å². The second-order valence-electron chi connectivity index (χ2n) is 9.61. The molecule has 37 heavy (non-hydrogen) atoms. The van der Waals surface area contributed by atoms with Gasteiger partial charge in [-0.25, -0.2) is 9.59 Å². The summed E-state index contributed by atoms with van der Waals surface area (Å²) in [7, 11) is 0. The average molecular weight is 511 g/mol. The van der Waals surface area contributed by atoms with Crippen molar-refractivity contribution in [2.24, 2.45) is 0 Å². The Balaban J connectivity index is 1.30. The third-order valence-corrected chi connectivity index (χ3v) is 6.86. The summed E-state index contributed by atoms with van der Waals surface area (Å²) >= 11 is 0. The number of piperidine rings is 1. The highest BCUT2D eigenvalue weighted by atomic mass is 16.4. The number of likely N-dealkylation sites (tertiary alicyclic amines) is 1. The Labute approximate surface area is 212 Å². The highest BCUT2D eigenvalue weighted by Gasteiger charge is 2.35. The number of aliphatic carboxylic acids is 1. The van der Waals surface area contributed by atoms with Crippen molar-refractivity contribution in [2.45, 2.75) is 50.6 Å². The van der Waals surface area contributed by atoms with E-state index in [9.17, 15) is 34.5 Å². The van der Waals surface area contributed by atoms with Gasteiger partial charge in [0.25, 0.3) is 0 Å². The molecule has 0 aliphatic carbocycles. The van der Waals surface area contributed by atoms with E-state index in [-0.39, 0.29) is 48.4 Å². The molecule has 196 valence electrons. The lowest BCUT2D eigenvalue weighted by molar-refractivity contribution is -0.147. The number of aromatic nitrogens is 2. The lowest BCUT2D eigenvalue weighted by atomic mass is 9.92. The van der Waals surface area contributed by atoms with E-state index in [1.165, 1.54) is 25.1 Å². The molecule has 5 N–H and O–H groups in total. The summed E-state index contributed by atoms with van der Waals surface area (Å²) in [5.41, 5.74) is 0.167. The molecule has 1 atom stereocenters. The Morgan fingerprint density at radius 3 is 2.43 bits per heavy atom. The topological polar surface area (TPSA) is 165 Å². The molecule has 0 spiro atoms. The van der Waals surface area contributed by atoms with E-state index >= 15 is 0 Å². The summed E-state index contributed by atoms with van der Waals surface area (Å²) in [6.45, 7) is 2.25. The maximum atomic E-state index is 12.7. The van der Waals surface area contributed by atoms with Gasteiger partial charge in [0.15, 0.2) is 11.5 Å². The third kappa shape index (κ3) is 5.60. The predicted octanol–water partition coefficient (Wildman–Crippen LogP) is 1.89. The van der Waals surface area contributed by atoms with E-state index in [1.807, 2.05) is 24.3 Å². The molecule has 1 aliphatic heterocycles. The Morgan fingerprint density at radius 1 is 1.05 bits per heavy atom. The van der Waals surface area contributed by atoms with Gasteiger partial charge in [-0.1, -0.05) is 18.2 Å². The Morgan fingerprint density at radius 2 is 1.76 bits per heavy atom. The van der Waals surface area contributed by atoms with Crippen molar-refractivity contribution in [3.8, 4) is 11.5 Å². The van der Waals surface area contributed by atoms with Gasteiger partial charge < -0.3 is 30.5 Å². The van der Waals surface area contributed by atoms with E-state index in [0.29, 0.717) is 31.5 Å². The number of carbonyl (C=O) groups excluding carboxylic acids is 2. The molecule has 1 saturated heterocycles. The highest BCUT2D eigenvalue weighted by molar-refractivity contribution is 5.89. The van der Waals surface area contributed by atoms with E-state index in [1.54, 1.807) is 9.47 Å². The number of benzene rings is 2. The second-order valence-corrected chi connectivity index (χ2v) is 9.61. The minimum atomic E-state index is -1.67. The van der Waals surface area contributed by atoms with Crippen LogP contribution < -0.4 is 11.0 Å². The number of para-hydroxylation sites is 2. The monoisotopic (exact) mass is 510 g/mol. The van der Waals surface area contributed by atoms with Crippen LogP contribution in [-0.2, 0) is 20.8 Å². The summed E-state index contributed by atoms with van der Waals surface area (Å²) in [4.78, 5) is 54.2. The van der Waals surface area contributed by atoms with Gasteiger partial charge in [0.05, 0.1) is 11.0 Å². The first-order valence-corrected chi connectivity index (χ1v) is 12.1. The fourth-order valence-corrected chi connectivity index (χ4v) is 4.82. The molecule has 1 aliphatic rings. The minimum Gasteiger partial charge on any atom is -0.504 e. The van der Waals surface area contributed by atoms with Crippen LogP contribution in [0.3, 0.4) is 0 Å². The molecule has 4 rings (SSSR count). The number of aromatic amines is 1. The number of amides is 2. The number of aromatic hydroxyl groups is 2. The van der Waals surface area contributed by atoms with Crippen molar-refractivity contribution < 1.29 is 29.7 Å². The fraction of sp³-hybridized carbons (Fsp3) is 0.385. The van der Waals surface area contributed by atoms with Crippen LogP contribution in [0.4, 0.5) is 0 Å². The van der Waals surface area contributed by atoms with Gasteiger partial charge in [0.2, 0.25) is 11.8 Å². The minimum absolute atomic E-state index is 0.0355. The molecular weight excluding hydrogens is 480 g/mol. The fourth-order valence-electron chi connectivity index (χ4n) is 4.82. The molecule has 0 bridgehead atoms. The number of nitrogens with zero attached hydrogens (tertiary/aromatic N) is 2. The van der Waals surface area contributed by atoms with Crippen LogP contribution in [-0.4, -0.2) is 66.2 Å². The molecule has 3 aromatic rings. The molecular formula is C26H30N4O7. The van der Waals surface area contributed by atoms with E-state index in [2.05, 4.69) is 10.3 Å². The Kier molecular flexibility index (Phi) is 7.23. The van der Waals surface area contributed by atoms with Crippen LogP contribution in [0.15, 0.2) is 47.3 Å². The van der Waals surface area contributed by atoms with Crippen LogP contribution >= 0.6 is 0 Å². The van der Waals surface area contributed by atoms with Gasteiger partial charge in [0.1, 0.15) is 5.54 Å². The number of carboxylic acid groups (broad SMARTS) is 1. The molecule has 1 aromatic heterocycles. The number of fused-ring (bicyclic) bond motifs is 1. The predicted molar refractivity (Wildman–Crippen MR) is 134 cm³/mol. The zero-order chi connectivity index (χ0) is 26.7. The molecule has 0 unspecified atom stereocenters. The van der Waals surface area contributed by atoms with Gasteiger partial charge in [-0.05, 0) is 49.6 Å². The SMILES string of the molecule is C[C@@](Cc1ccc(O)c(O)c1)(NC(=O)CCC(=O)N1CCC(n2c(=O)[nH]c3ccccc32)CC1)C(=O)O. The second kappa shape index (κ2) is 10.4. The zero-order valence-corrected chi connectivity index (χ0v) is 20.4. The molecule has 0 radical (unpaired) electrons. The summed E-state index contributed by atoms with van der Waals surface area (Å²) in [5, 5.41) is 31.3. The molecule has 0 saturated carbocycles. The number of carboxylic acids is 1. The van der Waals surface area contributed by atoms with Crippen LogP contribution in [0, 0.1) is 0 Å². The lowest BCUT2D eigenvalue weighted by Crippen LogP contribution is -2.54. The summed E-state index contributed by atoms with van der Waals surface area (Å²) < 4.78 is 1.74. The Hall–Kier alpha value is -4.28. The van der Waals surface area contributed by atoms with Gasteiger partial charge in [-0.15, -0.1) is 0 Å². The Bertz CT molecular complexity index is 1390. The van der Waals surface area contributed by atoms with Crippen molar-refractivity contribution >= 4 is 28.8 Å². The van der Waals surface area contributed by atoms with Crippen LogP contribution in [0.1, 0.15) is 44.2 Å². The van der Waals surface area contributed by atoms with E-state index < -0.39 is 17.4 Å². The van der Waals surface area contributed by atoms with Crippen LogP contribution in [0.25, 0.3) is 11.0 Å². The number of hydrogen-bond donors (Lipinski definition) is 5. The molecule has 2 amide bonds. The average Bonchev–Trinajstić information content (AvgIpc) is 3.20. The van der Waals surface area contributed by atoms with Gasteiger partial charge in [0, 0.05) is 38.4 Å². The normalized spacial score (nSPS) is 15.9. The number of phenolic OH excluding ortho intramolecular Hbond substituents is 2.